The number of carbonyl (C=O) groups excluding carboxylic acids is 1. The fraction of sp³-hybridized carbons (Fsp3) is 0.735. The molecule has 13 heteroatoms. The average Bonchev–Trinajstić information content (AvgIpc) is 3.26. The van der Waals surface area contributed by atoms with Crippen LogP contribution in [0.2, 0.25) is 0 Å². The second-order valence-corrected chi connectivity index (χ2v) is 17.6. The molecule has 0 aromatic heterocycles. The number of phosphoric ester groups is 1. The highest BCUT2D eigenvalue weighted by Gasteiger charge is 2.51. The minimum atomic E-state index is -5.03. The third-order valence-corrected chi connectivity index (χ3v) is 11.5. The van der Waals surface area contributed by atoms with Crippen molar-refractivity contribution in [3.05, 3.63) is 72.9 Å². The summed E-state index contributed by atoms with van der Waals surface area (Å²) < 4.78 is 34.2. The van der Waals surface area contributed by atoms with Crippen molar-refractivity contribution in [2.45, 2.75) is 211 Å². The number of ether oxygens (including phenoxy) is 2. The van der Waals surface area contributed by atoms with Gasteiger partial charge in [-0.3, -0.25) is 13.8 Å². The number of hydrogen-bond acceptors (Lipinski definition) is 11. The van der Waals surface area contributed by atoms with Gasteiger partial charge in [0.2, 0.25) is 0 Å². The Kier molecular flexibility index (Phi) is 36.5. The minimum absolute atomic E-state index is 0.101. The van der Waals surface area contributed by atoms with Gasteiger partial charge in [0.15, 0.2) is 0 Å². The Morgan fingerprint density at radius 2 is 0.952 bits per heavy atom. The number of rotatable bonds is 39. The van der Waals surface area contributed by atoms with Crippen LogP contribution < -0.4 is 0 Å². The molecule has 1 saturated carbocycles. The van der Waals surface area contributed by atoms with Crippen LogP contribution in [0.15, 0.2) is 72.9 Å². The smallest absolute Gasteiger partial charge is 0.457 e. The lowest BCUT2D eigenvalue weighted by Gasteiger charge is -2.41. The van der Waals surface area contributed by atoms with Crippen LogP contribution in [-0.4, -0.2) is 98.9 Å². The van der Waals surface area contributed by atoms with E-state index in [2.05, 4.69) is 86.8 Å². The molecule has 0 aromatic rings. The number of carbonyl (C=O) groups is 1. The zero-order chi connectivity index (χ0) is 45.5. The molecule has 358 valence electrons. The van der Waals surface area contributed by atoms with Crippen molar-refractivity contribution in [1.82, 2.24) is 0 Å². The molecule has 0 amide bonds. The molecular formula is C49H85O12P. The van der Waals surface area contributed by atoms with E-state index >= 15 is 0 Å². The summed E-state index contributed by atoms with van der Waals surface area (Å²) in [5.41, 5.74) is 0. The van der Waals surface area contributed by atoms with Gasteiger partial charge in [0.05, 0.1) is 13.2 Å². The van der Waals surface area contributed by atoms with Gasteiger partial charge in [0.1, 0.15) is 42.7 Å². The number of esters is 1. The Morgan fingerprint density at radius 1 is 0.532 bits per heavy atom. The first kappa shape index (κ1) is 57.8. The minimum Gasteiger partial charge on any atom is -0.457 e. The number of allylic oxidation sites excluding steroid dienone is 12. The Balaban J connectivity index is 2.42. The van der Waals surface area contributed by atoms with Gasteiger partial charge in [0, 0.05) is 13.0 Å². The maximum absolute atomic E-state index is 12.8. The van der Waals surface area contributed by atoms with Crippen LogP contribution in [0.1, 0.15) is 168 Å². The van der Waals surface area contributed by atoms with Crippen molar-refractivity contribution >= 4 is 13.8 Å². The Morgan fingerprint density at radius 3 is 1.47 bits per heavy atom. The van der Waals surface area contributed by atoms with E-state index in [-0.39, 0.29) is 13.0 Å². The van der Waals surface area contributed by atoms with Crippen molar-refractivity contribution in [1.29, 1.82) is 0 Å². The van der Waals surface area contributed by atoms with Crippen molar-refractivity contribution in [3.8, 4) is 0 Å². The molecule has 6 unspecified atom stereocenters. The average molecular weight is 897 g/mol. The highest BCUT2D eigenvalue weighted by atomic mass is 31.2. The first-order chi connectivity index (χ1) is 30.0. The highest BCUT2D eigenvalue weighted by molar-refractivity contribution is 7.47. The van der Waals surface area contributed by atoms with Crippen LogP contribution in [-0.2, 0) is 27.9 Å². The predicted molar refractivity (Wildman–Crippen MR) is 248 cm³/mol. The zero-order valence-corrected chi connectivity index (χ0v) is 39.0. The molecule has 12 nitrogen and oxygen atoms in total. The SMILES string of the molecule is CC/C=C\C/C=C\C/C=C\C/C=C\C/C=C\CCCCCCOCC(COP(=O)(O)OC1C(O)C(O)C(O)C(O)C1O)OC(=O)CCCCCCC/C=C\CCCCCCCC. The van der Waals surface area contributed by atoms with E-state index in [4.69, 9.17) is 18.5 Å². The Hall–Kier alpha value is -2.22. The van der Waals surface area contributed by atoms with Crippen LogP contribution in [0.3, 0.4) is 0 Å². The third-order valence-electron chi connectivity index (χ3n) is 10.6. The van der Waals surface area contributed by atoms with Gasteiger partial charge in [-0.25, -0.2) is 4.57 Å². The fourth-order valence-electron chi connectivity index (χ4n) is 6.79. The highest BCUT2D eigenvalue weighted by Crippen LogP contribution is 2.47. The normalized spacial score (nSPS) is 22.6. The zero-order valence-electron chi connectivity index (χ0n) is 38.1. The number of aliphatic hydroxyl groups is 5. The second-order valence-electron chi connectivity index (χ2n) is 16.2. The molecular weight excluding hydrogens is 812 g/mol. The van der Waals surface area contributed by atoms with Gasteiger partial charge in [0.25, 0.3) is 0 Å². The summed E-state index contributed by atoms with van der Waals surface area (Å²) >= 11 is 0. The third kappa shape index (κ3) is 30.8. The number of aliphatic hydroxyl groups excluding tert-OH is 5. The molecule has 0 bridgehead atoms. The van der Waals surface area contributed by atoms with Crippen LogP contribution >= 0.6 is 7.82 Å². The summed E-state index contributed by atoms with van der Waals surface area (Å²) in [6.07, 6.45) is 38.2. The van der Waals surface area contributed by atoms with Crippen LogP contribution in [0.5, 0.6) is 0 Å². The van der Waals surface area contributed by atoms with Crippen molar-refractivity contribution < 1.29 is 58.3 Å². The Labute approximate surface area is 374 Å². The quantitative estimate of drug-likeness (QED) is 0.0148. The molecule has 0 spiro atoms. The van der Waals surface area contributed by atoms with Crippen molar-refractivity contribution in [2.24, 2.45) is 0 Å². The van der Waals surface area contributed by atoms with E-state index in [9.17, 15) is 39.8 Å². The lowest BCUT2D eigenvalue weighted by atomic mass is 9.85. The molecule has 0 saturated heterocycles. The monoisotopic (exact) mass is 897 g/mol. The summed E-state index contributed by atoms with van der Waals surface area (Å²) in [6, 6.07) is 0. The number of unbranched alkanes of at least 4 members (excludes halogenated alkanes) is 15. The number of phosphoric acid groups is 1. The summed E-state index contributed by atoms with van der Waals surface area (Å²) in [7, 11) is -5.03. The van der Waals surface area contributed by atoms with Gasteiger partial charge in [-0.15, -0.1) is 0 Å². The second kappa shape index (κ2) is 39.2. The summed E-state index contributed by atoms with van der Waals surface area (Å²) in [4.78, 5) is 23.2. The molecule has 6 N–H and O–H groups in total. The van der Waals surface area contributed by atoms with Crippen molar-refractivity contribution in [3.63, 3.8) is 0 Å². The molecule has 6 atom stereocenters. The van der Waals surface area contributed by atoms with E-state index < -0.39 is 63.1 Å². The van der Waals surface area contributed by atoms with Gasteiger partial charge in [-0.05, 0) is 83.5 Å². The molecule has 1 fully saturated rings. The molecule has 0 aromatic carbocycles. The van der Waals surface area contributed by atoms with E-state index in [0.29, 0.717) is 13.0 Å². The fourth-order valence-corrected chi connectivity index (χ4v) is 7.76. The lowest BCUT2D eigenvalue weighted by molar-refractivity contribution is -0.220. The van der Waals surface area contributed by atoms with Crippen LogP contribution in [0, 0.1) is 0 Å². The van der Waals surface area contributed by atoms with E-state index in [1.807, 2.05) is 0 Å². The molecule has 0 aliphatic heterocycles. The molecule has 62 heavy (non-hydrogen) atoms. The van der Waals surface area contributed by atoms with Gasteiger partial charge >= 0.3 is 13.8 Å². The van der Waals surface area contributed by atoms with Gasteiger partial charge in [-0.1, -0.05) is 151 Å². The van der Waals surface area contributed by atoms with Gasteiger partial charge in [-0.2, -0.15) is 0 Å². The summed E-state index contributed by atoms with van der Waals surface area (Å²) in [5, 5.41) is 50.2. The van der Waals surface area contributed by atoms with Crippen molar-refractivity contribution in [2.75, 3.05) is 19.8 Å². The first-order valence-corrected chi connectivity index (χ1v) is 25.3. The molecule has 1 aliphatic rings. The Bertz CT molecular complexity index is 1300. The maximum Gasteiger partial charge on any atom is 0.472 e. The van der Waals surface area contributed by atoms with Gasteiger partial charge < -0.3 is 39.9 Å². The lowest BCUT2D eigenvalue weighted by Crippen LogP contribution is -2.64. The number of hydrogen-bond donors (Lipinski definition) is 6. The van der Waals surface area contributed by atoms with E-state index in [1.54, 1.807) is 0 Å². The maximum atomic E-state index is 12.8. The topological polar surface area (TPSA) is 192 Å². The predicted octanol–water partition coefficient (Wildman–Crippen LogP) is 9.97. The largest absolute Gasteiger partial charge is 0.472 e. The molecule has 0 radical (unpaired) electrons. The molecule has 1 rings (SSSR count). The van der Waals surface area contributed by atoms with E-state index in [1.165, 1.54) is 38.5 Å². The first-order valence-electron chi connectivity index (χ1n) is 23.8. The van der Waals surface area contributed by atoms with Crippen LogP contribution in [0.25, 0.3) is 0 Å². The summed E-state index contributed by atoms with van der Waals surface area (Å²) in [6.45, 7) is 4.06. The van der Waals surface area contributed by atoms with E-state index in [0.717, 1.165) is 103 Å². The van der Waals surface area contributed by atoms with Crippen LogP contribution in [0.4, 0.5) is 0 Å². The standard InChI is InChI=1S/C49H85O12P/c1-3-5-7-9-11-13-15-17-19-20-21-22-23-25-27-29-31-33-35-37-39-58-40-42(41-59-62(56,57)61-49-47(54)45(52)44(51)46(53)48(49)55)60-43(50)38-36-34-32-30-28-26-24-18-16-14-12-10-8-6-4-2/h5,7,11,13,17-19,21-22,24-25,27,42,44-49,51-55H,3-4,6,8-10,12,14-16,20,23,26,28-41H2,1-2H3,(H,56,57)/b7-5-,13-11-,19-17-,22-21-,24-18-,27-25-. The molecule has 1 aliphatic carbocycles. The summed E-state index contributed by atoms with van der Waals surface area (Å²) in [5.74, 6) is -0.498. The molecule has 0 heterocycles.